The molecule has 0 radical (unpaired) electrons. The van der Waals surface area contributed by atoms with Gasteiger partial charge in [0.2, 0.25) is 5.91 Å². The van der Waals surface area contributed by atoms with Gasteiger partial charge in [0.05, 0.1) is 12.4 Å². The molecule has 2 heterocycles. The monoisotopic (exact) mass is 445 g/mol. The molecule has 0 unspecified atom stereocenters. The highest BCUT2D eigenvalue weighted by atomic mass is 32.2. The largest absolute Gasteiger partial charge is 0.494 e. The number of aromatic nitrogens is 4. The molecule has 7 nitrogen and oxygen atoms in total. The van der Waals surface area contributed by atoms with E-state index in [1.165, 1.54) is 11.8 Å². The SMILES string of the molecule is CCOc1ccc(-n2c(SCC(=O)N(C)c3ccccc3)nnc2-c2ccncc2)cc1. The van der Waals surface area contributed by atoms with E-state index in [9.17, 15) is 4.79 Å². The first kappa shape index (κ1) is 21.6. The number of carbonyl (C=O) groups excluding carboxylic acids is 1. The van der Waals surface area contributed by atoms with Gasteiger partial charge in [-0.2, -0.15) is 0 Å². The summed E-state index contributed by atoms with van der Waals surface area (Å²) in [4.78, 5) is 18.5. The Kier molecular flexibility index (Phi) is 6.81. The average molecular weight is 446 g/mol. The van der Waals surface area contributed by atoms with Crippen LogP contribution in [0.15, 0.2) is 84.3 Å². The minimum absolute atomic E-state index is 0.0205. The van der Waals surface area contributed by atoms with Crippen LogP contribution in [-0.2, 0) is 4.79 Å². The van der Waals surface area contributed by atoms with E-state index in [4.69, 9.17) is 4.74 Å². The number of amides is 1. The van der Waals surface area contributed by atoms with Crippen molar-refractivity contribution in [3.63, 3.8) is 0 Å². The fourth-order valence-electron chi connectivity index (χ4n) is 3.16. The van der Waals surface area contributed by atoms with Crippen molar-refractivity contribution in [2.24, 2.45) is 0 Å². The molecule has 0 aliphatic rings. The standard InChI is InChI=1S/C24H23N5O2S/c1-3-31-21-11-9-20(10-12-21)29-23(18-13-15-25-16-14-18)26-27-24(29)32-17-22(30)28(2)19-7-5-4-6-8-19/h4-16H,3,17H2,1-2H3. The first-order chi connectivity index (χ1) is 15.7. The highest BCUT2D eigenvalue weighted by molar-refractivity contribution is 7.99. The fraction of sp³-hybridized carbons (Fsp3) is 0.167. The Labute approximate surface area is 191 Å². The van der Waals surface area contributed by atoms with Crippen LogP contribution >= 0.6 is 11.8 Å². The van der Waals surface area contributed by atoms with Gasteiger partial charge in [0.15, 0.2) is 11.0 Å². The van der Waals surface area contributed by atoms with Crippen molar-refractivity contribution in [1.29, 1.82) is 0 Å². The number of carbonyl (C=O) groups is 1. The zero-order valence-electron chi connectivity index (χ0n) is 17.9. The summed E-state index contributed by atoms with van der Waals surface area (Å²) < 4.78 is 7.52. The van der Waals surface area contributed by atoms with E-state index in [1.54, 1.807) is 24.3 Å². The third-order valence-electron chi connectivity index (χ3n) is 4.82. The Morgan fingerprint density at radius 3 is 2.41 bits per heavy atom. The zero-order chi connectivity index (χ0) is 22.3. The van der Waals surface area contributed by atoms with Crippen LogP contribution in [0.2, 0.25) is 0 Å². The second kappa shape index (κ2) is 10.1. The molecule has 2 aromatic heterocycles. The molecule has 0 saturated carbocycles. The second-order valence-corrected chi connectivity index (χ2v) is 7.82. The van der Waals surface area contributed by atoms with Gasteiger partial charge in [0, 0.05) is 36.4 Å². The number of pyridine rings is 1. The number of thioether (sulfide) groups is 1. The molecule has 0 spiro atoms. The number of nitrogens with zero attached hydrogens (tertiary/aromatic N) is 5. The Morgan fingerprint density at radius 2 is 1.72 bits per heavy atom. The molecule has 162 valence electrons. The van der Waals surface area contributed by atoms with Crippen LogP contribution in [0.4, 0.5) is 5.69 Å². The molecule has 0 aliphatic carbocycles. The summed E-state index contributed by atoms with van der Waals surface area (Å²) in [5, 5.41) is 9.43. The van der Waals surface area contributed by atoms with Crippen molar-refractivity contribution in [2.75, 3.05) is 24.3 Å². The first-order valence-electron chi connectivity index (χ1n) is 10.2. The van der Waals surface area contributed by atoms with Gasteiger partial charge >= 0.3 is 0 Å². The van der Waals surface area contributed by atoms with Gasteiger partial charge in [-0.3, -0.25) is 14.3 Å². The predicted molar refractivity (Wildman–Crippen MR) is 126 cm³/mol. The van der Waals surface area contributed by atoms with Gasteiger partial charge in [-0.25, -0.2) is 0 Å². The lowest BCUT2D eigenvalue weighted by atomic mass is 10.2. The molecule has 0 aliphatic heterocycles. The van der Waals surface area contributed by atoms with E-state index < -0.39 is 0 Å². The van der Waals surface area contributed by atoms with Gasteiger partial charge in [0.1, 0.15) is 5.75 Å². The van der Waals surface area contributed by atoms with E-state index in [1.807, 2.05) is 78.2 Å². The molecule has 4 rings (SSSR count). The van der Waals surface area contributed by atoms with Crippen LogP contribution in [0.25, 0.3) is 17.1 Å². The summed E-state index contributed by atoms with van der Waals surface area (Å²) in [7, 11) is 1.78. The fourth-order valence-corrected chi connectivity index (χ4v) is 4.03. The summed E-state index contributed by atoms with van der Waals surface area (Å²) >= 11 is 1.35. The summed E-state index contributed by atoms with van der Waals surface area (Å²) in [5.74, 6) is 1.69. The summed E-state index contributed by atoms with van der Waals surface area (Å²) in [5.41, 5.74) is 2.63. The van der Waals surface area contributed by atoms with Crippen molar-refractivity contribution < 1.29 is 9.53 Å². The molecule has 4 aromatic rings. The van der Waals surface area contributed by atoms with Crippen LogP contribution in [0.1, 0.15) is 6.92 Å². The van der Waals surface area contributed by atoms with Crippen molar-refractivity contribution in [3.05, 3.63) is 79.1 Å². The molecule has 32 heavy (non-hydrogen) atoms. The van der Waals surface area contributed by atoms with E-state index >= 15 is 0 Å². The highest BCUT2D eigenvalue weighted by Crippen LogP contribution is 2.29. The molecule has 0 saturated heterocycles. The lowest BCUT2D eigenvalue weighted by Crippen LogP contribution is -2.27. The first-order valence-corrected chi connectivity index (χ1v) is 11.2. The van der Waals surface area contributed by atoms with Gasteiger partial charge in [-0.1, -0.05) is 30.0 Å². The third kappa shape index (κ3) is 4.81. The topological polar surface area (TPSA) is 73.1 Å². The van der Waals surface area contributed by atoms with Crippen LogP contribution in [0.3, 0.4) is 0 Å². The maximum Gasteiger partial charge on any atom is 0.237 e. The van der Waals surface area contributed by atoms with Crippen molar-refractivity contribution in [2.45, 2.75) is 12.1 Å². The molecule has 0 atom stereocenters. The van der Waals surface area contributed by atoms with Gasteiger partial charge in [-0.15, -0.1) is 10.2 Å². The average Bonchev–Trinajstić information content (AvgIpc) is 3.28. The quantitative estimate of drug-likeness (QED) is 0.372. The number of rotatable bonds is 8. The highest BCUT2D eigenvalue weighted by Gasteiger charge is 2.19. The number of para-hydroxylation sites is 1. The number of hydrogen-bond donors (Lipinski definition) is 0. The number of hydrogen-bond acceptors (Lipinski definition) is 6. The molecule has 2 aromatic carbocycles. The van der Waals surface area contributed by atoms with Crippen molar-refractivity contribution in [1.82, 2.24) is 19.7 Å². The second-order valence-electron chi connectivity index (χ2n) is 6.88. The van der Waals surface area contributed by atoms with E-state index in [2.05, 4.69) is 15.2 Å². The van der Waals surface area contributed by atoms with Crippen LogP contribution in [0.5, 0.6) is 5.75 Å². The minimum atomic E-state index is -0.0205. The molecule has 1 amide bonds. The number of benzene rings is 2. The van der Waals surface area contributed by atoms with Gasteiger partial charge in [-0.05, 0) is 55.5 Å². The maximum atomic E-state index is 12.8. The van der Waals surface area contributed by atoms with Gasteiger partial charge < -0.3 is 9.64 Å². The summed E-state index contributed by atoms with van der Waals surface area (Å²) in [6.07, 6.45) is 3.44. The lowest BCUT2D eigenvalue weighted by Gasteiger charge is -2.17. The van der Waals surface area contributed by atoms with E-state index in [0.29, 0.717) is 17.6 Å². The van der Waals surface area contributed by atoms with Crippen molar-refractivity contribution in [3.8, 4) is 22.8 Å². The Morgan fingerprint density at radius 1 is 1.00 bits per heavy atom. The summed E-state index contributed by atoms with van der Waals surface area (Å²) in [6, 6.07) is 21.1. The van der Waals surface area contributed by atoms with Crippen LogP contribution in [-0.4, -0.2) is 45.1 Å². The van der Waals surface area contributed by atoms with Gasteiger partial charge in [0.25, 0.3) is 0 Å². The smallest absolute Gasteiger partial charge is 0.237 e. The molecular formula is C24H23N5O2S. The molecule has 8 heteroatoms. The van der Waals surface area contributed by atoms with E-state index in [0.717, 1.165) is 22.7 Å². The Balaban J connectivity index is 1.62. The predicted octanol–water partition coefficient (Wildman–Crippen LogP) is 4.48. The Bertz CT molecular complexity index is 1160. The zero-order valence-corrected chi connectivity index (χ0v) is 18.7. The normalized spacial score (nSPS) is 10.7. The number of ether oxygens (including phenoxy) is 1. The Hall–Kier alpha value is -3.65. The van der Waals surface area contributed by atoms with Crippen LogP contribution in [0, 0.1) is 0 Å². The minimum Gasteiger partial charge on any atom is -0.494 e. The maximum absolute atomic E-state index is 12.8. The molecule has 0 N–H and O–H groups in total. The third-order valence-corrected chi connectivity index (χ3v) is 5.73. The number of anilines is 1. The molecule has 0 bridgehead atoms. The van der Waals surface area contributed by atoms with E-state index in [-0.39, 0.29) is 11.7 Å². The molecular weight excluding hydrogens is 422 g/mol. The molecule has 0 fully saturated rings. The lowest BCUT2D eigenvalue weighted by molar-refractivity contribution is -0.115. The van der Waals surface area contributed by atoms with Crippen molar-refractivity contribution >= 4 is 23.4 Å². The van der Waals surface area contributed by atoms with Crippen LogP contribution < -0.4 is 9.64 Å². The summed E-state index contributed by atoms with van der Waals surface area (Å²) in [6.45, 7) is 2.56.